The minimum absolute atomic E-state index is 0.0202. The quantitative estimate of drug-likeness (QED) is 0.142. The van der Waals surface area contributed by atoms with E-state index in [-0.39, 0.29) is 40.4 Å². The Kier molecular flexibility index (Phi) is 11.5. The normalized spacial score (nSPS) is 31.9. The number of nitrogens with zero attached hydrogens (tertiary/aromatic N) is 2. The van der Waals surface area contributed by atoms with Crippen LogP contribution in [-0.4, -0.2) is 100 Å². The molecule has 6 atom stereocenters. The van der Waals surface area contributed by atoms with Crippen LogP contribution >= 0.6 is 46.7 Å². The third-order valence-corrected chi connectivity index (χ3v) is 13.1. The van der Waals surface area contributed by atoms with Crippen LogP contribution in [0, 0.1) is 0 Å². The Morgan fingerprint density at radius 2 is 1.76 bits per heavy atom. The molecule has 2 heterocycles. The molecule has 2 aliphatic heterocycles. The molecule has 2 N–H and O–H groups in total. The topological polar surface area (TPSA) is 124 Å². The summed E-state index contributed by atoms with van der Waals surface area (Å²) in [5.41, 5.74) is 1.09. The predicted molar refractivity (Wildman–Crippen MR) is 169 cm³/mol. The first kappa shape index (κ1) is 33.5. The molecule has 3 fully saturated rings. The van der Waals surface area contributed by atoms with Crippen molar-refractivity contribution in [2.45, 2.75) is 98.0 Å². The van der Waals surface area contributed by atoms with Gasteiger partial charge in [0.05, 0.1) is 22.3 Å². The molecule has 0 bridgehead atoms. The molecular formula is C26H40Cl2N3O6S4+. The highest BCUT2D eigenvalue weighted by Crippen LogP contribution is 2.47. The lowest BCUT2D eigenvalue weighted by atomic mass is 9.93. The molecule has 0 aromatic carbocycles. The van der Waals surface area contributed by atoms with E-state index >= 15 is 0 Å². The van der Waals surface area contributed by atoms with Crippen LogP contribution in [-0.2, 0) is 24.9 Å². The maximum absolute atomic E-state index is 12.7. The summed E-state index contributed by atoms with van der Waals surface area (Å²) in [5, 5.41) is 2.93. The van der Waals surface area contributed by atoms with Gasteiger partial charge >= 0.3 is 0 Å². The maximum Gasteiger partial charge on any atom is 0.298 e. The molecule has 6 unspecified atom stereocenters. The van der Waals surface area contributed by atoms with Gasteiger partial charge in [-0.3, -0.25) is 9.35 Å². The first-order valence-electron chi connectivity index (χ1n) is 14.1. The minimum Gasteiger partial charge on any atom is -0.362 e. The summed E-state index contributed by atoms with van der Waals surface area (Å²) in [4.78, 5) is 15.0. The molecule has 9 nitrogen and oxygen atoms in total. The maximum atomic E-state index is 12.7. The standard InChI is InChI=1S/C26H39Cl2N3O6S4/c1-3-17(12-25-30(10-4-5-11-41(35,36)37)20-14-18(27)6-8-22(20)38-25)13-26-31(16-24(32)29-40(2,33)34)21-15-19(28)7-9-23(21)39-26/h12-13,18-23H,3-11,14-16H2,1-2H3,(H-,29,32,35,36,37)/p+1. The van der Waals surface area contributed by atoms with E-state index in [0.717, 1.165) is 66.8 Å². The van der Waals surface area contributed by atoms with Crippen molar-refractivity contribution in [1.82, 2.24) is 9.62 Å². The van der Waals surface area contributed by atoms with Crippen molar-refractivity contribution in [3.8, 4) is 0 Å². The number of carbonyl (C=O) groups excluding carboxylic acids is 1. The SMILES string of the molecule is CCC(=CC1=[N+](CC(=O)NS(C)(=O)=O)C2CC(Cl)CCC2S1)C=C1SC2CCC(Cl)CC2N1CCCCS(=O)(=O)O. The average Bonchev–Trinajstić information content (AvgIpc) is 3.36. The summed E-state index contributed by atoms with van der Waals surface area (Å²) in [6.07, 6.45) is 12.5. The van der Waals surface area contributed by atoms with Crippen LogP contribution in [0.2, 0.25) is 0 Å². The van der Waals surface area contributed by atoms with E-state index in [1.54, 1.807) is 11.8 Å². The number of nitrogens with one attached hydrogen (secondary N) is 1. The Morgan fingerprint density at radius 3 is 2.41 bits per heavy atom. The van der Waals surface area contributed by atoms with E-state index in [1.165, 1.54) is 0 Å². The molecule has 0 aromatic heterocycles. The van der Waals surface area contributed by atoms with Crippen molar-refractivity contribution in [2.24, 2.45) is 0 Å². The molecule has 2 aliphatic carbocycles. The highest BCUT2D eigenvalue weighted by atomic mass is 35.5. The smallest absolute Gasteiger partial charge is 0.298 e. The fraction of sp³-hybridized carbons (Fsp3) is 0.769. The molecule has 0 radical (unpaired) electrons. The molecule has 4 rings (SSSR count). The monoisotopic (exact) mass is 688 g/mol. The fourth-order valence-electron chi connectivity index (χ4n) is 6.07. The summed E-state index contributed by atoms with van der Waals surface area (Å²) in [6.45, 7) is 2.71. The van der Waals surface area contributed by atoms with Crippen molar-refractivity contribution in [2.75, 3.05) is 25.1 Å². The summed E-state index contributed by atoms with van der Waals surface area (Å²) in [5.74, 6) is -0.807. The molecule has 4 aliphatic rings. The van der Waals surface area contributed by atoms with Crippen LogP contribution in [0.15, 0.2) is 22.8 Å². The third-order valence-electron chi connectivity index (χ3n) is 7.98. The number of unbranched alkanes of at least 4 members (excludes halogenated alkanes) is 1. The van der Waals surface area contributed by atoms with Gasteiger partial charge in [-0.2, -0.15) is 8.42 Å². The van der Waals surface area contributed by atoms with Crippen LogP contribution in [0.5, 0.6) is 0 Å². The summed E-state index contributed by atoms with van der Waals surface area (Å²) < 4.78 is 59.1. The molecule has 2 saturated carbocycles. The van der Waals surface area contributed by atoms with Crippen LogP contribution in [0.1, 0.15) is 64.7 Å². The lowest BCUT2D eigenvalue weighted by molar-refractivity contribution is -0.550. The summed E-state index contributed by atoms with van der Waals surface area (Å²) in [7, 11) is -7.65. The number of alkyl halides is 2. The Morgan fingerprint density at radius 1 is 1.07 bits per heavy atom. The highest BCUT2D eigenvalue weighted by Gasteiger charge is 2.46. The van der Waals surface area contributed by atoms with Crippen molar-refractivity contribution < 1.29 is 30.8 Å². The van der Waals surface area contributed by atoms with E-state index in [0.29, 0.717) is 24.6 Å². The second-order valence-electron chi connectivity index (χ2n) is 11.3. The minimum atomic E-state index is -3.99. The largest absolute Gasteiger partial charge is 0.362 e. The van der Waals surface area contributed by atoms with E-state index in [9.17, 15) is 21.6 Å². The molecule has 1 saturated heterocycles. The molecule has 41 heavy (non-hydrogen) atoms. The summed E-state index contributed by atoms with van der Waals surface area (Å²) >= 11 is 16.7. The summed E-state index contributed by atoms with van der Waals surface area (Å²) in [6, 6.07) is 0.335. The highest BCUT2D eigenvalue weighted by molar-refractivity contribution is 8.14. The van der Waals surface area contributed by atoms with Gasteiger partial charge in [-0.1, -0.05) is 6.92 Å². The number of carbonyl (C=O) groups is 1. The fourth-order valence-corrected chi connectivity index (χ4v) is 10.8. The van der Waals surface area contributed by atoms with Gasteiger partial charge in [-0.05, 0) is 74.8 Å². The van der Waals surface area contributed by atoms with E-state index in [4.69, 9.17) is 27.8 Å². The van der Waals surface area contributed by atoms with Gasteiger partial charge in [0.25, 0.3) is 16.0 Å². The van der Waals surface area contributed by atoms with Gasteiger partial charge in [0.15, 0.2) is 6.04 Å². The van der Waals surface area contributed by atoms with Crippen molar-refractivity contribution in [1.29, 1.82) is 0 Å². The van der Waals surface area contributed by atoms with Gasteiger partial charge in [0.2, 0.25) is 21.6 Å². The lowest BCUT2D eigenvalue weighted by Gasteiger charge is -2.34. The van der Waals surface area contributed by atoms with Gasteiger partial charge in [-0.25, -0.2) is 17.7 Å². The Bertz CT molecular complexity index is 1300. The predicted octanol–water partition coefficient (Wildman–Crippen LogP) is 4.17. The molecular weight excluding hydrogens is 649 g/mol. The number of hydrogen-bond acceptors (Lipinski definition) is 8. The number of amides is 1. The molecule has 1 amide bonds. The van der Waals surface area contributed by atoms with Crippen LogP contribution in [0.4, 0.5) is 0 Å². The first-order valence-corrected chi connectivity index (χ1v) is 20.3. The van der Waals surface area contributed by atoms with Gasteiger partial charge in [-0.15, -0.1) is 35.0 Å². The third kappa shape index (κ3) is 9.52. The van der Waals surface area contributed by atoms with Crippen LogP contribution in [0.3, 0.4) is 0 Å². The van der Waals surface area contributed by atoms with Crippen molar-refractivity contribution in [3.63, 3.8) is 0 Å². The number of sulfonamides is 1. The second-order valence-corrected chi connectivity index (χ2v) is 18.3. The Labute approximate surface area is 262 Å². The zero-order chi connectivity index (χ0) is 29.9. The zero-order valence-corrected chi connectivity index (χ0v) is 28.2. The number of allylic oxidation sites excluding steroid dienone is 2. The van der Waals surface area contributed by atoms with Gasteiger partial charge < -0.3 is 4.90 Å². The molecule has 0 spiro atoms. The number of hydrogen-bond donors (Lipinski definition) is 2. The zero-order valence-electron chi connectivity index (χ0n) is 23.4. The van der Waals surface area contributed by atoms with Crippen LogP contribution < -0.4 is 4.72 Å². The number of fused-ring (bicyclic) bond motifs is 2. The number of rotatable bonds is 11. The molecule has 15 heteroatoms. The Balaban J connectivity index is 1.61. The van der Waals surface area contributed by atoms with E-state index in [1.807, 2.05) is 16.3 Å². The van der Waals surface area contributed by atoms with Gasteiger partial charge in [0, 0.05) is 41.1 Å². The molecule has 232 valence electrons. The number of thioether (sulfide) groups is 2. The van der Waals surface area contributed by atoms with Crippen molar-refractivity contribution >= 4 is 77.8 Å². The van der Waals surface area contributed by atoms with E-state index in [2.05, 4.69) is 28.7 Å². The Hall–Kier alpha value is -0.440. The van der Waals surface area contributed by atoms with Gasteiger partial charge in [0.1, 0.15) is 0 Å². The number of halogens is 2. The van der Waals surface area contributed by atoms with Crippen LogP contribution in [0.25, 0.3) is 0 Å². The van der Waals surface area contributed by atoms with Crippen molar-refractivity contribution in [3.05, 3.63) is 22.8 Å². The second kappa shape index (κ2) is 14.1. The van der Waals surface area contributed by atoms with E-state index < -0.39 is 26.0 Å². The molecule has 0 aromatic rings. The average molecular weight is 690 g/mol. The first-order chi connectivity index (χ1) is 19.2. The lowest BCUT2D eigenvalue weighted by Crippen LogP contribution is -2.43.